The Kier molecular flexibility index (Phi) is 6.32. The summed E-state index contributed by atoms with van der Waals surface area (Å²) in [7, 11) is 3.93. The number of aryl methyl sites for hydroxylation is 2. The van der Waals surface area contributed by atoms with Crippen LogP contribution in [-0.2, 0) is 6.54 Å². The maximum atomic E-state index is 5.62. The van der Waals surface area contributed by atoms with Crippen molar-refractivity contribution in [2.75, 3.05) is 33.8 Å². The first kappa shape index (κ1) is 16.0. The number of benzene rings is 1. The van der Waals surface area contributed by atoms with Crippen LogP contribution >= 0.6 is 0 Å². The summed E-state index contributed by atoms with van der Waals surface area (Å²) in [5.74, 6) is 1.05. The van der Waals surface area contributed by atoms with Crippen LogP contribution in [0.1, 0.15) is 29.2 Å². The van der Waals surface area contributed by atoms with Crippen molar-refractivity contribution >= 4 is 0 Å². The Morgan fingerprint density at radius 3 is 2.47 bits per heavy atom. The number of methoxy groups -OCH3 is 1. The van der Waals surface area contributed by atoms with E-state index >= 15 is 0 Å². The fourth-order valence-electron chi connectivity index (χ4n) is 2.37. The van der Waals surface area contributed by atoms with Gasteiger partial charge in [-0.3, -0.25) is 0 Å². The van der Waals surface area contributed by atoms with Crippen LogP contribution in [0.15, 0.2) is 6.07 Å². The molecule has 0 aliphatic carbocycles. The van der Waals surface area contributed by atoms with E-state index < -0.39 is 0 Å². The second-order valence-electron chi connectivity index (χ2n) is 5.24. The number of ether oxygens (including phenoxy) is 1. The summed E-state index contributed by atoms with van der Waals surface area (Å²) in [5.41, 5.74) is 5.18. The molecule has 0 aromatic heterocycles. The van der Waals surface area contributed by atoms with Crippen LogP contribution in [0.5, 0.6) is 5.75 Å². The number of likely N-dealkylation sites (N-methyl/N-ethyl adjacent to an activating group) is 2. The van der Waals surface area contributed by atoms with Gasteiger partial charge < -0.3 is 15.0 Å². The predicted molar refractivity (Wildman–Crippen MR) is 82.1 cm³/mol. The molecule has 0 aliphatic rings. The Balaban J connectivity index is 2.85. The molecule has 0 aliphatic heterocycles. The van der Waals surface area contributed by atoms with Gasteiger partial charge in [0.2, 0.25) is 0 Å². The first-order chi connectivity index (χ1) is 9.01. The van der Waals surface area contributed by atoms with Crippen LogP contribution in [0.2, 0.25) is 0 Å². The Labute approximate surface area is 118 Å². The molecule has 1 aromatic carbocycles. The van der Waals surface area contributed by atoms with Crippen molar-refractivity contribution in [2.24, 2.45) is 0 Å². The lowest BCUT2D eigenvalue weighted by molar-refractivity contribution is 0.315. The second-order valence-corrected chi connectivity index (χ2v) is 5.24. The summed E-state index contributed by atoms with van der Waals surface area (Å²) in [6, 6.07) is 2.26. The molecule has 0 spiro atoms. The zero-order valence-electron chi connectivity index (χ0n) is 13.3. The third-order valence-corrected chi connectivity index (χ3v) is 3.67. The second kappa shape index (κ2) is 7.51. The van der Waals surface area contributed by atoms with E-state index in [4.69, 9.17) is 4.74 Å². The van der Waals surface area contributed by atoms with Gasteiger partial charge in [-0.25, -0.2) is 0 Å². The predicted octanol–water partition coefficient (Wildman–Crippen LogP) is 2.66. The van der Waals surface area contributed by atoms with Gasteiger partial charge in [0, 0.05) is 25.2 Å². The fourth-order valence-corrected chi connectivity index (χ4v) is 2.37. The number of nitrogens with zero attached hydrogens (tertiary/aromatic N) is 1. The zero-order chi connectivity index (χ0) is 14.4. The van der Waals surface area contributed by atoms with Gasteiger partial charge in [0.15, 0.2) is 0 Å². The number of rotatable bonds is 7. The molecule has 1 rings (SSSR count). The topological polar surface area (TPSA) is 24.5 Å². The van der Waals surface area contributed by atoms with Crippen LogP contribution in [0.4, 0.5) is 0 Å². The standard InChI is InChI=1S/C16H28N2O/c1-7-17-8-9-18(5)11-15-13(3)10-12(2)14(4)16(15)19-6/h10,17H,7-9,11H2,1-6H3. The van der Waals surface area contributed by atoms with Crippen molar-refractivity contribution in [3.05, 3.63) is 28.3 Å². The highest BCUT2D eigenvalue weighted by Gasteiger charge is 2.13. The minimum atomic E-state index is 0.932. The molecule has 0 atom stereocenters. The SMILES string of the molecule is CCNCCN(C)Cc1c(C)cc(C)c(C)c1OC. The van der Waals surface area contributed by atoms with Gasteiger partial charge >= 0.3 is 0 Å². The molecule has 0 saturated heterocycles. The molecule has 0 bridgehead atoms. The van der Waals surface area contributed by atoms with E-state index in [1.807, 2.05) is 0 Å². The van der Waals surface area contributed by atoms with Crippen LogP contribution in [-0.4, -0.2) is 38.7 Å². The Bertz CT molecular complexity index is 416. The van der Waals surface area contributed by atoms with Gasteiger partial charge in [0.05, 0.1) is 7.11 Å². The summed E-state index contributed by atoms with van der Waals surface area (Å²) in [5, 5.41) is 3.36. The number of hydrogen-bond acceptors (Lipinski definition) is 3. The summed E-state index contributed by atoms with van der Waals surface area (Å²) < 4.78 is 5.62. The van der Waals surface area contributed by atoms with E-state index in [0.29, 0.717) is 0 Å². The third-order valence-electron chi connectivity index (χ3n) is 3.67. The van der Waals surface area contributed by atoms with Crippen molar-refractivity contribution in [3.63, 3.8) is 0 Å². The van der Waals surface area contributed by atoms with Crippen molar-refractivity contribution in [1.82, 2.24) is 10.2 Å². The van der Waals surface area contributed by atoms with Crippen molar-refractivity contribution in [1.29, 1.82) is 0 Å². The van der Waals surface area contributed by atoms with Gasteiger partial charge in [0.25, 0.3) is 0 Å². The average Bonchev–Trinajstić information content (AvgIpc) is 2.36. The molecule has 0 saturated carbocycles. The van der Waals surface area contributed by atoms with Crippen LogP contribution in [0, 0.1) is 20.8 Å². The van der Waals surface area contributed by atoms with Crippen molar-refractivity contribution in [2.45, 2.75) is 34.2 Å². The highest BCUT2D eigenvalue weighted by atomic mass is 16.5. The molecule has 0 radical (unpaired) electrons. The highest BCUT2D eigenvalue weighted by Crippen LogP contribution is 2.30. The number of nitrogens with one attached hydrogen (secondary N) is 1. The quantitative estimate of drug-likeness (QED) is 0.766. The fraction of sp³-hybridized carbons (Fsp3) is 0.625. The molecule has 108 valence electrons. The largest absolute Gasteiger partial charge is 0.496 e. The molecule has 0 amide bonds. The molecule has 1 N–H and O–H groups in total. The molecule has 0 heterocycles. The van der Waals surface area contributed by atoms with Gasteiger partial charge in [-0.1, -0.05) is 13.0 Å². The normalized spacial score (nSPS) is 11.1. The first-order valence-electron chi connectivity index (χ1n) is 7.04. The van der Waals surface area contributed by atoms with E-state index in [1.54, 1.807) is 7.11 Å². The summed E-state index contributed by atoms with van der Waals surface area (Å²) in [6.45, 7) is 12.6. The smallest absolute Gasteiger partial charge is 0.126 e. The molecule has 3 nitrogen and oxygen atoms in total. The number of hydrogen-bond donors (Lipinski definition) is 1. The molecule has 1 aromatic rings. The highest BCUT2D eigenvalue weighted by molar-refractivity contribution is 5.49. The molecule has 0 fully saturated rings. The van der Waals surface area contributed by atoms with Crippen LogP contribution in [0.3, 0.4) is 0 Å². The van der Waals surface area contributed by atoms with Gasteiger partial charge in [-0.2, -0.15) is 0 Å². The van der Waals surface area contributed by atoms with Gasteiger partial charge in [0.1, 0.15) is 5.75 Å². The summed E-state index contributed by atoms with van der Waals surface area (Å²) >= 11 is 0. The van der Waals surface area contributed by atoms with E-state index in [9.17, 15) is 0 Å². The maximum absolute atomic E-state index is 5.62. The molecular weight excluding hydrogens is 236 g/mol. The minimum absolute atomic E-state index is 0.932. The van der Waals surface area contributed by atoms with E-state index in [1.165, 1.54) is 22.3 Å². The van der Waals surface area contributed by atoms with Crippen molar-refractivity contribution < 1.29 is 4.74 Å². The third kappa shape index (κ3) is 4.22. The molecule has 19 heavy (non-hydrogen) atoms. The maximum Gasteiger partial charge on any atom is 0.126 e. The average molecular weight is 264 g/mol. The lowest BCUT2D eigenvalue weighted by Crippen LogP contribution is -2.29. The van der Waals surface area contributed by atoms with E-state index in [0.717, 1.165) is 31.9 Å². The lowest BCUT2D eigenvalue weighted by atomic mass is 9.98. The molecule has 3 heteroatoms. The Morgan fingerprint density at radius 2 is 1.89 bits per heavy atom. The lowest BCUT2D eigenvalue weighted by Gasteiger charge is -2.22. The molecular formula is C16H28N2O. The minimum Gasteiger partial charge on any atom is -0.496 e. The Morgan fingerprint density at radius 1 is 1.21 bits per heavy atom. The molecule has 0 unspecified atom stereocenters. The van der Waals surface area contributed by atoms with E-state index in [2.05, 4.69) is 51.0 Å². The first-order valence-corrected chi connectivity index (χ1v) is 7.04. The van der Waals surface area contributed by atoms with Gasteiger partial charge in [-0.15, -0.1) is 0 Å². The van der Waals surface area contributed by atoms with Gasteiger partial charge in [-0.05, 0) is 51.1 Å². The monoisotopic (exact) mass is 264 g/mol. The van der Waals surface area contributed by atoms with Crippen molar-refractivity contribution in [3.8, 4) is 5.75 Å². The van der Waals surface area contributed by atoms with Crippen LogP contribution < -0.4 is 10.1 Å². The van der Waals surface area contributed by atoms with E-state index in [-0.39, 0.29) is 0 Å². The Hall–Kier alpha value is -1.06. The summed E-state index contributed by atoms with van der Waals surface area (Å²) in [6.07, 6.45) is 0. The zero-order valence-corrected chi connectivity index (χ0v) is 13.3. The van der Waals surface area contributed by atoms with Crippen LogP contribution in [0.25, 0.3) is 0 Å². The summed E-state index contributed by atoms with van der Waals surface area (Å²) in [4.78, 5) is 2.34.